The molecule has 0 aliphatic heterocycles. The van der Waals surface area contributed by atoms with Crippen LogP contribution in [-0.2, 0) is 0 Å². The standard InChI is InChI=1S/C11H8Cl2N2OS/c1-17-11-14-9(5-10(16)15-11)7-4-6(12)2-3-8(7)13/h2-5H,1H3,(H,14,15,16). The quantitative estimate of drug-likeness (QED) is 0.679. The highest BCUT2D eigenvalue weighted by Gasteiger charge is 2.08. The van der Waals surface area contributed by atoms with Gasteiger partial charge in [0, 0.05) is 16.7 Å². The first-order chi connectivity index (χ1) is 8.10. The molecule has 0 spiro atoms. The van der Waals surface area contributed by atoms with E-state index >= 15 is 0 Å². The molecule has 1 N–H and O–H groups in total. The molecule has 0 bridgehead atoms. The lowest BCUT2D eigenvalue weighted by molar-refractivity contribution is 0.945. The fraction of sp³-hybridized carbons (Fsp3) is 0.0909. The molecule has 0 amide bonds. The average molecular weight is 287 g/mol. The summed E-state index contributed by atoms with van der Waals surface area (Å²) in [5.74, 6) is 0. The minimum atomic E-state index is -0.213. The molecule has 1 aromatic carbocycles. The van der Waals surface area contributed by atoms with Crippen molar-refractivity contribution < 1.29 is 0 Å². The summed E-state index contributed by atoms with van der Waals surface area (Å²) in [6.07, 6.45) is 1.83. The van der Waals surface area contributed by atoms with Crippen molar-refractivity contribution in [2.45, 2.75) is 5.16 Å². The number of halogens is 2. The van der Waals surface area contributed by atoms with Crippen molar-refractivity contribution in [2.24, 2.45) is 0 Å². The Hall–Kier alpha value is -0.970. The van der Waals surface area contributed by atoms with Crippen LogP contribution in [0.1, 0.15) is 0 Å². The highest BCUT2D eigenvalue weighted by molar-refractivity contribution is 7.98. The van der Waals surface area contributed by atoms with Crippen molar-refractivity contribution in [1.82, 2.24) is 9.97 Å². The zero-order valence-corrected chi connectivity index (χ0v) is 11.2. The molecule has 0 fully saturated rings. The first-order valence-corrected chi connectivity index (χ1v) is 6.69. The van der Waals surface area contributed by atoms with Gasteiger partial charge in [0.2, 0.25) is 0 Å². The molecule has 1 aromatic heterocycles. The van der Waals surface area contributed by atoms with Crippen LogP contribution in [0.5, 0.6) is 0 Å². The zero-order chi connectivity index (χ0) is 12.4. The number of benzene rings is 1. The normalized spacial score (nSPS) is 10.5. The smallest absolute Gasteiger partial charge is 0.252 e. The van der Waals surface area contributed by atoms with Gasteiger partial charge in [-0.2, -0.15) is 0 Å². The second-order valence-corrected chi connectivity index (χ2v) is 4.90. The molecular weight excluding hydrogens is 279 g/mol. The third kappa shape index (κ3) is 2.83. The van der Waals surface area contributed by atoms with Crippen molar-refractivity contribution in [3.63, 3.8) is 0 Å². The van der Waals surface area contributed by atoms with Gasteiger partial charge in [0.05, 0.1) is 10.7 Å². The lowest BCUT2D eigenvalue weighted by Crippen LogP contribution is -2.07. The fourth-order valence-corrected chi connectivity index (χ4v) is 2.14. The molecule has 0 unspecified atom stereocenters. The second kappa shape index (κ2) is 5.12. The minimum Gasteiger partial charge on any atom is -0.301 e. The van der Waals surface area contributed by atoms with Gasteiger partial charge in [0.1, 0.15) is 0 Å². The van der Waals surface area contributed by atoms with E-state index in [1.807, 2.05) is 6.26 Å². The van der Waals surface area contributed by atoms with Gasteiger partial charge in [-0.25, -0.2) is 4.98 Å². The van der Waals surface area contributed by atoms with Gasteiger partial charge >= 0.3 is 0 Å². The number of aromatic amines is 1. The molecule has 6 heteroatoms. The summed E-state index contributed by atoms with van der Waals surface area (Å²) in [7, 11) is 0. The minimum absolute atomic E-state index is 0.213. The summed E-state index contributed by atoms with van der Waals surface area (Å²) >= 11 is 13.3. The Labute approximate surface area is 112 Å². The van der Waals surface area contributed by atoms with Gasteiger partial charge in [-0.15, -0.1) is 0 Å². The molecule has 0 radical (unpaired) electrons. The Balaban J connectivity index is 2.63. The summed E-state index contributed by atoms with van der Waals surface area (Å²) < 4.78 is 0. The molecule has 0 atom stereocenters. The second-order valence-electron chi connectivity index (χ2n) is 3.26. The molecule has 0 saturated heterocycles. The highest BCUT2D eigenvalue weighted by Crippen LogP contribution is 2.29. The van der Waals surface area contributed by atoms with Crippen molar-refractivity contribution >= 4 is 35.0 Å². The molecule has 3 nitrogen and oxygen atoms in total. The SMILES string of the molecule is CSc1nc(-c2cc(Cl)ccc2Cl)cc(=O)[nH]1. The number of hydrogen-bond acceptors (Lipinski definition) is 3. The van der Waals surface area contributed by atoms with Crippen LogP contribution in [0.15, 0.2) is 34.2 Å². The van der Waals surface area contributed by atoms with E-state index in [9.17, 15) is 4.79 Å². The first kappa shape index (κ1) is 12.5. The average Bonchev–Trinajstić information content (AvgIpc) is 2.31. The Morgan fingerprint density at radius 1 is 1.29 bits per heavy atom. The lowest BCUT2D eigenvalue weighted by atomic mass is 10.1. The summed E-state index contributed by atoms with van der Waals surface area (Å²) in [4.78, 5) is 18.4. The van der Waals surface area contributed by atoms with E-state index in [1.165, 1.54) is 17.8 Å². The number of hydrogen-bond donors (Lipinski definition) is 1. The van der Waals surface area contributed by atoms with Crippen LogP contribution < -0.4 is 5.56 Å². The molecule has 0 aliphatic rings. The van der Waals surface area contributed by atoms with Crippen LogP contribution in [0.2, 0.25) is 10.0 Å². The van der Waals surface area contributed by atoms with Crippen molar-refractivity contribution in [2.75, 3.05) is 6.26 Å². The first-order valence-electron chi connectivity index (χ1n) is 4.71. The Morgan fingerprint density at radius 3 is 2.76 bits per heavy atom. The Bertz CT molecular complexity index is 613. The fourth-order valence-electron chi connectivity index (χ4n) is 1.36. The van der Waals surface area contributed by atoms with E-state index in [0.717, 1.165) is 0 Å². The van der Waals surface area contributed by atoms with E-state index in [2.05, 4.69) is 9.97 Å². The molecule has 2 aromatic rings. The predicted octanol–water partition coefficient (Wildman–Crippen LogP) is 3.47. The Kier molecular flexibility index (Phi) is 3.76. The van der Waals surface area contributed by atoms with Crippen LogP contribution in [0.25, 0.3) is 11.3 Å². The van der Waals surface area contributed by atoms with Gasteiger partial charge in [0.25, 0.3) is 5.56 Å². The summed E-state index contributed by atoms with van der Waals surface area (Å²) in [5.41, 5.74) is 0.960. The van der Waals surface area contributed by atoms with E-state index in [1.54, 1.807) is 18.2 Å². The van der Waals surface area contributed by atoms with Gasteiger partial charge in [-0.1, -0.05) is 35.0 Å². The van der Waals surface area contributed by atoms with Crippen LogP contribution in [0.4, 0.5) is 0 Å². The number of nitrogens with zero attached hydrogens (tertiary/aromatic N) is 1. The van der Waals surface area contributed by atoms with Crippen LogP contribution in [0.3, 0.4) is 0 Å². The summed E-state index contributed by atoms with van der Waals surface area (Å²) in [6.45, 7) is 0. The van der Waals surface area contributed by atoms with Gasteiger partial charge in [0.15, 0.2) is 5.16 Å². The molecule has 2 rings (SSSR count). The van der Waals surface area contributed by atoms with Gasteiger partial charge in [-0.3, -0.25) is 4.79 Å². The zero-order valence-electron chi connectivity index (χ0n) is 8.83. The van der Waals surface area contributed by atoms with Gasteiger partial charge < -0.3 is 4.98 Å². The number of aromatic nitrogens is 2. The predicted molar refractivity (Wildman–Crippen MR) is 72.1 cm³/mol. The van der Waals surface area contributed by atoms with Crippen LogP contribution in [-0.4, -0.2) is 16.2 Å². The van der Waals surface area contributed by atoms with E-state index in [4.69, 9.17) is 23.2 Å². The van der Waals surface area contributed by atoms with E-state index in [-0.39, 0.29) is 5.56 Å². The third-order valence-corrected chi connectivity index (χ3v) is 3.26. The summed E-state index contributed by atoms with van der Waals surface area (Å²) in [6, 6.07) is 6.46. The monoisotopic (exact) mass is 286 g/mol. The molecule has 17 heavy (non-hydrogen) atoms. The number of thioether (sulfide) groups is 1. The molecule has 1 heterocycles. The number of nitrogens with one attached hydrogen (secondary N) is 1. The number of rotatable bonds is 2. The third-order valence-electron chi connectivity index (χ3n) is 2.12. The van der Waals surface area contributed by atoms with Gasteiger partial charge in [-0.05, 0) is 24.5 Å². The molecular formula is C11H8Cl2N2OS. The molecule has 88 valence electrons. The number of H-pyrrole nitrogens is 1. The van der Waals surface area contributed by atoms with E-state index < -0.39 is 0 Å². The maximum Gasteiger partial charge on any atom is 0.252 e. The topological polar surface area (TPSA) is 45.8 Å². The van der Waals surface area contributed by atoms with Crippen molar-refractivity contribution in [3.05, 3.63) is 44.7 Å². The van der Waals surface area contributed by atoms with E-state index in [0.29, 0.717) is 26.5 Å². The molecule has 0 saturated carbocycles. The van der Waals surface area contributed by atoms with Crippen molar-refractivity contribution in [1.29, 1.82) is 0 Å². The largest absolute Gasteiger partial charge is 0.301 e. The highest BCUT2D eigenvalue weighted by atomic mass is 35.5. The molecule has 0 aliphatic carbocycles. The Morgan fingerprint density at radius 2 is 2.06 bits per heavy atom. The van der Waals surface area contributed by atoms with Crippen LogP contribution in [0, 0.1) is 0 Å². The summed E-state index contributed by atoms with van der Waals surface area (Å²) in [5, 5.41) is 1.61. The maximum absolute atomic E-state index is 11.5. The lowest BCUT2D eigenvalue weighted by Gasteiger charge is -2.05. The maximum atomic E-state index is 11.5. The van der Waals surface area contributed by atoms with Crippen molar-refractivity contribution in [3.8, 4) is 11.3 Å². The van der Waals surface area contributed by atoms with Crippen LogP contribution >= 0.6 is 35.0 Å².